The summed E-state index contributed by atoms with van der Waals surface area (Å²) in [5.74, 6) is -0.141. The molecule has 1 aliphatic carbocycles. The van der Waals surface area contributed by atoms with Gasteiger partial charge in [0.15, 0.2) is 0 Å². The molecule has 0 bridgehead atoms. The van der Waals surface area contributed by atoms with Crippen molar-refractivity contribution in [3.05, 3.63) is 0 Å². The SMILES string of the molecule is Cl.O=C(CCN1C(=O)NC2(CCCC2)C1=O)N1CCCC(N2CCNCC2=O)C1. The van der Waals surface area contributed by atoms with Crippen LogP contribution in [-0.2, 0) is 14.4 Å². The zero-order valence-corrected chi connectivity index (χ0v) is 17.5. The van der Waals surface area contributed by atoms with Crippen LogP contribution in [0.3, 0.4) is 0 Å². The van der Waals surface area contributed by atoms with Gasteiger partial charge in [-0.25, -0.2) is 4.79 Å². The first-order valence-corrected chi connectivity index (χ1v) is 10.4. The third kappa shape index (κ3) is 4.21. The minimum absolute atomic E-state index is 0. The Bertz CT molecular complexity index is 682. The lowest BCUT2D eigenvalue weighted by Crippen LogP contribution is -2.57. The first-order chi connectivity index (χ1) is 13.5. The normalized spacial score (nSPS) is 26.7. The average molecular weight is 428 g/mol. The van der Waals surface area contributed by atoms with Crippen molar-refractivity contribution in [2.75, 3.05) is 39.3 Å². The maximum Gasteiger partial charge on any atom is 0.325 e. The summed E-state index contributed by atoms with van der Waals surface area (Å²) in [4.78, 5) is 54.7. The van der Waals surface area contributed by atoms with E-state index in [1.54, 1.807) is 4.90 Å². The highest BCUT2D eigenvalue weighted by Crippen LogP contribution is 2.35. The van der Waals surface area contributed by atoms with Crippen LogP contribution in [0.25, 0.3) is 0 Å². The van der Waals surface area contributed by atoms with E-state index in [2.05, 4.69) is 10.6 Å². The van der Waals surface area contributed by atoms with Gasteiger partial charge in [-0.15, -0.1) is 12.4 Å². The van der Waals surface area contributed by atoms with Gasteiger partial charge in [-0.1, -0.05) is 12.8 Å². The molecule has 10 heteroatoms. The topological polar surface area (TPSA) is 102 Å². The van der Waals surface area contributed by atoms with Gasteiger partial charge < -0.3 is 20.4 Å². The molecule has 3 heterocycles. The van der Waals surface area contributed by atoms with Crippen LogP contribution in [0.15, 0.2) is 0 Å². The summed E-state index contributed by atoms with van der Waals surface area (Å²) in [5.41, 5.74) is -0.723. The number of rotatable bonds is 4. The molecule has 9 nitrogen and oxygen atoms in total. The minimum atomic E-state index is -0.723. The summed E-state index contributed by atoms with van der Waals surface area (Å²) in [7, 11) is 0. The molecule has 4 fully saturated rings. The fourth-order valence-electron chi connectivity index (χ4n) is 5.01. The molecule has 5 amide bonds. The van der Waals surface area contributed by atoms with Gasteiger partial charge in [0.2, 0.25) is 11.8 Å². The molecule has 4 aliphatic rings. The number of carbonyl (C=O) groups excluding carboxylic acids is 4. The lowest BCUT2D eigenvalue weighted by atomic mass is 9.98. The van der Waals surface area contributed by atoms with Crippen LogP contribution in [-0.4, -0.2) is 89.3 Å². The molecular formula is C19H30ClN5O4. The van der Waals surface area contributed by atoms with Gasteiger partial charge in [0.25, 0.3) is 5.91 Å². The van der Waals surface area contributed by atoms with Gasteiger partial charge in [0, 0.05) is 45.2 Å². The Labute approximate surface area is 176 Å². The van der Waals surface area contributed by atoms with Crippen LogP contribution >= 0.6 is 12.4 Å². The number of hydrogen-bond donors (Lipinski definition) is 2. The van der Waals surface area contributed by atoms with Gasteiger partial charge >= 0.3 is 6.03 Å². The van der Waals surface area contributed by atoms with Gasteiger partial charge in [-0.05, 0) is 25.7 Å². The maximum absolute atomic E-state index is 12.7. The quantitative estimate of drug-likeness (QED) is 0.619. The molecule has 0 aromatic carbocycles. The number of carbonyl (C=O) groups is 4. The smallest absolute Gasteiger partial charge is 0.325 e. The number of piperidine rings is 1. The number of nitrogens with one attached hydrogen (secondary N) is 2. The number of nitrogens with zero attached hydrogens (tertiary/aromatic N) is 3. The third-order valence-corrected chi connectivity index (χ3v) is 6.57. The molecule has 1 saturated carbocycles. The minimum Gasteiger partial charge on any atom is -0.341 e. The Kier molecular flexibility index (Phi) is 6.68. The highest BCUT2D eigenvalue weighted by Gasteiger charge is 2.52. The van der Waals surface area contributed by atoms with Gasteiger partial charge in [0.05, 0.1) is 6.54 Å². The third-order valence-electron chi connectivity index (χ3n) is 6.57. The summed E-state index contributed by atoms with van der Waals surface area (Å²) < 4.78 is 0. The van der Waals surface area contributed by atoms with E-state index in [0.717, 1.165) is 32.2 Å². The summed E-state index contributed by atoms with van der Waals surface area (Å²) in [6.45, 7) is 3.14. The Balaban J connectivity index is 0.00000240. The second-order valence-corrected chi connectivity index (χ2v) is 8.33. The van der Waals surface area contributed by atoms with E-state index < -0.39 is 5.54 Å². The molecule has 1 unspecified atom stereocenters. The highest BCUT2D eigenvalue weighted by atomic mass is 35.5. The lowest BCUT2D eigenvalue weighted by molar-refractivity contribution is -0.141. The molecule has 0 aromatic heterocycles. The molecule has 4 rings (SSSR count). The predicted molar refractivity (Wildman–Crippen MR) is 107 cm³/mol. The molecule has 0 radical (unpaired) electrons. The number of halogens is 1. The largest absolute Gasteiger partial charge is 0.341 e. The number of likely N-dealkylation sites (tertiary alicyclic amines) is 1. The van der Waals surface area contributed by atoms with Crippen LogP contribution < -0.4 is 10.6 Å². The fraction of sp³-hybridized carbons (Fsp3) is 0.789. The molecule has 3 saturated heterocycles. The van der Waals surface area contributed by atoms with Crippen molar-refractivity contribution in [3.8, 4) is 0 Å². The Hall–Kier alpha value is -1.87. The van der Waals surface area contributed by atoms with E-state index in [-0.39, 0.29) is 55.2 Å². The summed E-state index contributed by atoms with van der Waals surface area (Å²) in [6, 6.07) is -0.312. The first kappa shape index (κ1) is 21.8. The van der Waals surface area contributed by atoms with Crippen LogP contribution in [0.1, 0.15) is 44.9 Å². The monoisotopic (exact) mass is 427 g/mol. The summed E-state index contributed by atoms with van der Waals surface area (Å²) in [5, 5.41) is 5.92. The number of imide groups is 1. The number of piperazine rings is 1. The van der Waals surface area contributed by atoms with Crippen LogP contribution in [0.5, 0.6) is 0 Å². The van der Waals surface area contributed by atoms with E-state index in [9.17, 15) is 19.2 Å². The van der Waals surface area contributed by atoms with Gasteiger partial charge in [-0.2, -0.15) is 0 Å². The molecule has 0 aromatic rings. The van der Waals surface area contributed by atoms with Crippen molar-refractivity contribution in [2.45, 2.75) is 56.5 Å². The fourth-order valence-corrected chi connectivity index (χ4v) is 5.01. The van der Waals surface area contributed by atoms with E-state index in [0.29, 0.717) is 39.0 Å². The number of hydrogen-bond acceptors (Lipinski definition) is 5. The Morgan fingerprint density at radius 3 is 2.59 bits per heavy atom. The van der Waals surface area contributed by atoms with Crippen molar-refractivity contribution in [1.82, 2.24) is 25.3 Å². The molecule has 2 N–H and O–H groups in total. The predicted octanol–water partition coefficient (Wildman–Crippen LogP) is 0.0857. The van der Waals surface area contributed by atoms with E-state index >= 15 is 0 Å². The maximum atomic E-state index is 12.7. The molecule has 29 heavy (non-hydrogen) atoms. The summed E-state index contributed by atoms with van der Waals surface area (Å²) >= 11 is 0. The van der Waals surface area contributed by atoms with Crippen molar-refractivity contribution in [1.29, 1.82) is 0 Å². The molecule has 1 atom stereocenters. The standard InChI is InChI=1S/C19H29N5O4.ClH/c25-15(5-10-24-17(27)19(21-18(24)28)6-1-2-7-19)22-9-3-4-14(13-22)23-11-8-20-12-16(23)26;/h14,20H,1-13H2,(H,21,28);1H. The Morgan fingerprint density at radius 2 is 1.86 bits per heavy atom. The second kappa shape index (κ2) is 8.87. The van der Waals surface area contributed by atoms with Crippen molar-refractivity contribution in [2.24, 2.45) is 0 Å². The molecule has 162 valence electrons. The number of urea groups is 1. The van der Waals surface area contributed by atoms with Crippen molar-refractivity contribution in [3.63, 3.8) is 0 Å². The van der Waals surface area contributed by atoms with Crippen LogP contribution in [0, 0.1) is 0 Å². The molecular weight excluding hydrogens is 398 g/mol. The van der Waals surface area contributed by atoms with Crippen LogP contribution in [0.2, 0.25) is 0 Å². The van der Waals surface area contributed by atoms with Crippen molar-refractivity contribution >= 4 is 36.2 Å². The molecule has 1 spiro atoms. The van der Waals surface area contributed by atoms with Gasteiger partial charge in [-0.3, -0.25) is 19.3 Å². The second-order valence-electron chi connectivity index (χ2n) is 8.33. The van der Waals surface area contributed by atoms with Crippen molar-refractivity contribution < 1.29 is 19.2 Å². The Morgan fingerprint density at radius 1 is 1.10 bits per heavy atom. The van der Waals surface area contributed by atoms with E-state index in [1.165, 1.54) is 4.90 Å². The summed E-state index contributed by atoms with van der Waals surface area (Å²) in [6.07, 6.45) is 5.17. The first-order valence-electron chi connectivity index (χ1n) is 10.4. The highest BCUT2D eigenvalue weighted by molar-refractivity contribution is 6.07. The number of amides is 5. The lowest BCUT2D eigenvalue weighted by Gasteiger charge is -2.41. The van der Waals surface area contributed by atoms with E-state index in [1.807, 2.05) is 4.90 Å². The van der Waals surface area contributed by atoms with E-state index in [4.69, 9.17) is 0 Å². The zero-order chi connectivity index (χ0) is 19.7. The van der Waals surface area contributed by atoms with Gasteiger partial charge in [0.1, 0.15) is 5.54 Å². The molecule has 3 aliphatic heterocycles. The average Bonchev–Trinajstić information content (AvgIpc) is 3.26. The van der Waals surface area contributed by atoms with Crippen LogP contribution in [0.4, 0.5) is 4.79 Å². The zero-order valence-electron chi connectivity index (χ0n) is 16.7.